The van der Waals surface area contributed by atoms with E-state index in [-0.39, 0.29) is 5.91 Å². The summed E-state index contributed by atoms with van der Waals surface area (Å²) in [6, 6.07) is 2.12. The van der Waals surface area contributed by atoms with Crippen molar-refractivity contribution in [2.45, 2.75) is 53.1 Å². The van der Waals surface area contributed by atoms with Crippen molar-refractivity contribution in [1.29, 1.82) is 0 Å². The molecule has 0 radical (unpaired) electrons. The van der Waals surface area contributed by atoms with E-state index in [2.05, 4.69) is 23.7 Å². The number of carbonyl (C=O) groups excluding carboxylic acids is 1. The molecule has 0 saturated carbocycles. The molecule has 1 amide bonds. The Morgan fingerprint density at radius 2 is 2.00 bits per heavy atom. The van der Waals surface area contributed by atoms with E-state index in [0.29, 0.717) is 6.54 Å². The van der Waals surface area contributed by atoms with Crippen LogP contribution in [0.25, 0.3) is 0 Å². The molecule has 0 spiro atoms. The molecule has 102 valence electrons. The predicted octanol–water partition coefficient (Wildman–Crippen LogP) is 2.69. The number of aryl methyl sites for hydroxylation is 1. The van der Waals surface area contributed by atoms with E-state index >= 15 is 0 Å². The van der Waals surface area contributed by atoms with Crippen LogP contribution in [-0.2, 0) is 17.8 Å². The van der Waals surface area contributed by atoms with Crippen LogP contribution in [0.2, 0.25) is 0 Å². The molecule has 0 bridgehead atoms. The molecule has 1 aromatic rings. The minimum atomic E-state index is -0.587. The Labute approximate surface area is 114 Å². The zero-order chi connectivity index (χ0) is 14.0. The second-order valence-electron chi connectivity index (χ2n) is 5.75. The lowest BCUT2D eigenvalue weighted by Crippen LogP contribution is -2.55. The van der Waals surface area contributed by atoms with Crippen molar-refractivity contribution in [2.75, 3.05) is 0 Å². The molecule has 1 rings (SSSR count). The summed E-state index contributed by atoms with van der Waals surface area (Å²) in [6.45, 7) is 10.3. The average Bonchev–Trinajstić information content (AvgIpc) is 2.71. The minimum absolute atomic E-state index is 0.00505. The number of rotatable bonds is 5. The number of thiophene rings is 1. The lowest BCUT2D eigenvalue weighted by molar-refractivity contribution is -0.132. The largest absolute Gasteiger partial charge is 0.351 e. The fourth-order valence-electron chi connectivity index (χ4n) is 1.51. The highest BCUT2D eigenvalue weighted by Crippen LogP contribution is 2.28. The van der Waals surface area contributed by atoms with Gasteiger partial charge in [0.15, 0.2) is 0 Å². The highest BCUT2D eigenvalue weighted by molar-refractivity contribution is 7.10. The molecular weight excluding hydrogens is 244 g/mol. The van der Waals surface area contributed by atoms with E-state index in [1.165, 1.54) is 10.4 Å². The van der Waals surface area contributed by atoms with Gasteiger partial charge in [-0.1, -0.05) is 6.92 Å². The van der Waals surface area contributed by atoms with Crippen molar-refractivity contribution in [3.63, 3.8) is 0 Å². The Bertz CT molecular complexity index is 416. The van der Waals surface area contributed by atoms with Gasteiger partial charge in [0.1, 0.15) is 0 Å². The molecule has 0 aliphatic carbocycles. The monoisotopic (exact) mass is 268 g/mol. The molecule has 0 unspecified atom stereocenters. The van der Waals surface area contributed by atoms with Crippen molar-refractivity contribution in [2.24, 2.45) is 11.1 Å². The third kappa shape index (κ3) is 3.12. The molecule has 0 aromatic carbocycles. The first-order chi connectivity index (χ1) is 8.20. The van der Waals surface area contributed by atoms with Gasteiger partial charge in [0.25, 0.3) is 0 Å². The zero-order valence-corrected chi connectivity index (χ0v) is 12.8. The summed E-state index contributed by atoms with van der Waals surface area (Å²) in [5.41, 5.74) is 6.24. The Morgan fingerprint density at radius 1 is 1.39 bits per heavy atom. The van der Waals surface area contributed by atoms with E-state index in [1.807, 2.05) is 27.7 Å². The fraction of sp³-hybridized carbons (Fsp3) is 0.643. The van der Waals surface area contributed by atoms with Gasteiger partial charge in [-0.25, -0.2) is 0 Å². The summed E-state index contributed by atoms with van der Waals surface area (Å²) in [5.74, 6) is 0.00505. The third-order valence-electron chi connectivity index (χ3n) is 3.81. The van der Waals surface area contributed by atoms with Gasteiger partial charge < -0.3 is 11.1 Å². The van der Waals surface area contributed by atoms with Crippen LogP contribution in [0, 0.1) is 5.41 Å². The molecule has 3 nitrogen and oxygen atoms in total. The van der Waals surface area contributed by atoms with Crippen molar-refractivity contribution < 1.29 is 4.79 Å². The van der Waals surface area contributed by atoms with Crippen LogP contribution in [0.15, 0.2) is 11.4 Å². The van der Waals surface area contributed by atoms with Crippen LogP contribution in [0.1, 0.15) is 45.1 Å². The summed E-state index contributed by atoms with van der Waals surface area (Å²) in [6.07, 6.45) is 1.00. The van der Waals surface area contributed by atoms with Crippen molar-refractivity contribution in [1.82, 2.24) is 5.32 Å². The van der Waals surface area contributed by atoms with Gasteiger partial charge in [-0.05, 0) is 51.1 Å². The molecule has 4 heteroatoms. The van der Waals surface area contributed by atoms with Crippen LogP contribution < -0.4 is 11.1 Å². The molecule has 0 aliphatic rings. The number of hydrogen-bond donors (Lipinski definition) is 2. The van der Waals surface area contributed by atoms with Crippen molar-refractivity contribution >= 4 is 17.2 Å². The first-order valence-electron chi connectivity index (χ1n) is 6.32. The Morgan fingerprint density at radius 3 is 2.50 bits per heavy atom. The van der Waals surface area contributed by atoms with E-state index in [1.54, 1.807) is 11.3 Å². The van der Waals surface area contributed by atoms with Gasteiger partial charge in [-0.3, -0.25) is 4.79 Å². The topological polar surface area (TPSA) is 55.1 Å². The second kappa shape index (κ2) is 5.41. The first kappa shape index (κ1) is 15.2. The minimum Gasteiger partial charge on any atom is -0.351 e. The first-order valence-corrected chi connectivity index (χ1v) is 7.20. The fourth-order valence-corrected chi connectivity index (χ4v) is 2.43. The number of amides is 1. The Hall–Kier alpha value is -0.870. The quantitative estimate of drug-likeness (QED) is 0.862. The maximum absolute atomic E-state index is 12.2. The van der Waals surface area contributed by atoms with Crippen LogP contribution in [-0.4, -0.2) is 11.4 Å². The average molecular weight is 268 g/mol. The highest BCUT2D eigenvalue weighted by Gasteiger charge is 2.40. The Kier molecular flexibility index (Phi) is 4.56. The number of hydrogen-bond acceptors (Lipinski definition) is 3. The van der Waals surface area contributed by atoms with Crippen molar-refractivity contribution in [3.05, 3.63) is 21.9 Å². The second-order valence-corrected chi connectivity index (χ2v) is 6.75. The van der Waals surface area contributed by atoms with Gasteiger partial charge in [0.2, 0.25) is 5.91 Å². The summed E-state index contributed by atoms with van der Waals surface area (Å²) < 4.78 is 0. The van der Waals surface area contributed by atoms with E-state index in [4.69, 9.17) is 5.73 Å². The molecule has 1 heterocycles. The molecule has 3 N–H and O–H groups in total. The summed E-state index contributed by atoms with van der Waals surface area (Å²) in [5, 5.41) is 5.07. The van der Waals surface area contributed by atoms with Crippen molar-refractivity contribution in [3.8, 4) is 0 Å². The normalized spacial score (nSPS) is 12.6. The smallest absolute Gasteiger partial charge is 0.227 e. The molecule has 0 saturated heterocycles. The molecule has 18 heavy (non-hydrogen) atoms. The van der Waals surface area contributed by atoms with Crippen LogP contribution in [0.5, 0.6) is 0 Å². The summed E-state index contributed by atoms with van der Waals surface area (Å²) in [4.78, 5) is 13.5. The van der Waals surface area contributed by atoms with Crippen LogP contribution >= 0.6 is 11.3 Å². The summed E-state index contributed by atoms with van der Waals surface area (Å²) in [7, 11) is 0. The van der Waals surface area contributed by atoms with E-state index in [0.717, 1.165) is 6.42 Å². The molecule has 1 aromatic heterocycles. The molecule has 0 atom stereocenters. The standard InChI is InChI=1S/C14H24N2OS/c1-6-10-7-8-18-11(10)9-16-12(17)13(2,3)14(4,5)15/h7-8H,6,9,15H2,1-5H3,(H,16,17). The molecule has 0 aliphatic heterocycles. The lowest BCUT2D eigenvalue weighted by Gasteiger charge is -2.36. The Balaban J connectivity index is 2.67. The van der Waals surface area contributed by atoms with Gasteiger partial charge in [0, 0.05) is 10.4 Å². The van der Waals surface area contributed by atoms with Gasteiger partial charge >= 0.3 is 0 Å². The van der Waals surface area contributed by atoms with Gasteiger partial charge in [0.05, 0.1) is 12.0 Å². The SMILES string of the molecule is CCc1ccsc1CNC(=O)C(C)(C)C(C)(C)N. The molecular formula is C14H24N2OS. The number of nitrogens with one attached hydrogen (secondary N) is 1. The number of nitrogens with two attached hydrogens (primary N) is 1. The highest BCUT2D eigenvalue weighted by atomic mass is 32.1. The van der Waals surface area contributed by atoms with Gasteiger partial charge in [-0.2, -0.15) is 0 Å². The lowest BCUT2D eigenvalue weighted by atomic mass is 9.74. The maximum atomic E-state index is 12.2. The zero-order valence-electron chi connectivity index (χ0n) is 12.0. The van der Waals surface area contributed by atoms with Crippen LogP contribution in [0.4, 0.5) is 0 Å². The summed E-state index contributed by atoms with van der Waals surface area (Å²) >= 11 is 1.69. The maximum Gasteiger partial charge on any atom is 0.227 e. The van der Waals surface area contributed by atoms with E-state index < -0.39 is 11.0 Å². The predicted molar refractivity (Wildman–Crippen MR) is 77.6 cm³/mol. The molecule has 0 fully saturated rings. The third-order valence-corrected chi connectivity index (χ3v) is 4.77. The van der Waals surface area contributed by atoms with Gasteiger partial charge in [-0.15, -0.1) is 11.3 Å². The number of carbonyl (C=O) groups is 1. The van der Waals surface area contributed by atoms with E-state index in [9.17, 15) is 4.79 Å². The van der Waals surface area contributed by atoms with Crippen LogP contribution in [0.3, 0.4) is 0 Å².